The van der Waals surface area contributed by atoms with Gasteiger partial charge in [-0.2, -0.15) is 17.9 Å². The van der Waals surface area contributed by atoms with Gasteiger partial charge < -0.3 is 4.90 Å². The van der Waals surface area contributed by atoms with Crippen LogP contribution >= 0.6 is 11.3 Å². The van der Waals surface area contributed by atoms with E-state index >= 15 is 0 Å². The molecule has 0 aliphatic heterocycles. The average molecular weight is 411 g/mol. The molecule has 0 aliphatic rings. The first-order valence-corrected chi connectivity index (χ1v) is 9.44. The van der Waals surface area contributed by atoms with Gasteiger partial charge in [-0.15, -0.1) is 0 Å². The molecule has 150 valence electrons. The molecule has 0 fully saturated rings. The topological polar surface area (TPSA) is 66.3 Å². The number of aliphatic imine (C=N–C) groups is 1. The average Bonchev–Trinajstić information content (AvgIpc) is 3.18. The van der Waals surface area contributed by atoms with Crippen LogP contribution < -0.4 is 5.56 Å². The highest BCUT2D eigenvalue weighted by Gasteiger charge is 2.39. The molecular formula is C18H20F3N5OS. The Balaban J connectivity index is 2.04. The number of hydrogen-bond donors (Lipinski definition) is 1. The molecule has 0 unspecified atom stereocenters. The van der Waals surface area contributed by atoms with E-state index in [1.54, 1.807) is 24.3 Å². The van der Waals surface area contributed by atoms with E-state index in [9.17, 15) is 18.0 Å². The fraction of sp³-hybridized carbons (Fsp3) is 0.389. The predicted molar refractivity (Wildman–Crippen MR) is 105 cm³/mol. The minimum Gasteiger partial charge on any atom is -0.309 e. The van der Waals surface area contributed by atoms with Crippen LogP contribution in [-0.2, 0) is 6.18 Å². The molecule has 6 nitrogen and oxygen atoms in total. The Bertz CT molecular complexity index is 1030. The van der Waals surface area contributed by atoms with E-state index in [-0.39, 0.29) is 10.8 Å². The van der Waals surface area contributed by atoms with Crippen LogP contribution in [0.1, 0.15) is 24.6 Å². The summed E-state index contributed by atoms with van der Waals surface area (Å²) in [6.45, 7) is 2.53. The van der Waals surface area contributed by atoms with Crippen LogP contribution in [0.5, 0.6) is 0 Å². The Hall–Kier alpha value is -2.46. The van der Waals surface area contributed by atoms with Gasteiger partial charge in [0.2, 0.25) is 5.13 Å². The second-order valence-corrected chi connectivity index (χ2v) is 7.60. The molecule has 0 bridgehead atoms. The molecule has 3 aromatic rings. The molecule has 0 atom stereocenters. The van der Waals surface area contributed by atoms with Crippen molar-refractivity contribution in [2.75, 3.05) is 27.2 Å². The molecule has 0 saturated carbocycles. The molecule has 0 amide bonds. The third-order valence-electron chi connectivity index (χ3n) is 4.12. The number of halogens is 3. The van der Waals surface area contributed by atoms with Gasteiger partial charge in [0.25, 0.3) is 5.56 Å². The number of nitrogens with one attached hydrogen (secondary N) is 1. The summed E-state index contributed by atoms with van der Waals surface area (Å²) < 4.78 is 42.3. The van der Waals surface area contributed by atoms with E-state index in [1.165, 1.54) is 6.92 Å². The quantitative estimate of drug-likeness (QED) is 0.498. The Morgan fingerprint density at radius 3 is 2.68 bits per heavy atom. The van der Waals surface area contributed by atoms with Crippen molar-refractivity contribution in [3.8, 4) is 5.13 Å². The van der Waals surface area contributed by atoms with E-state index < -0.39 is 23.0 Å². The highest BCUT2D eigenvalue weighted by Crippen LogP contribution is 2.31. The lowest BCUT2D eigenvalue weighted by atomic mass is 10.1. The van der Waals surface area contributed by atoms with Crippen LogP contribution in [0.15, 0.2) is 34.1 Å². The Morgan fingerprint density at radius 2 is 2.04 bits per heavy atom. The molecule has 28 heavy (non-hydrogen) atoms. The fourth-order valence-corrected chi connectivity index (χ4v) is 3.71. The van der Waals surface area contributed by atoms with Crippen LogP contribution in [0, 0.1) is 0 Å². The maximum atomic E-state index is 13.6. The van der Waals surface area contributed by atoms with Gasteiger partial charge in [0.15, 0.2) is 5.69 Å². The van der Waals surface area contributed by atoms with Crippen molar-refractivity contribution < 1.29 is 13.2 Å². The number of H-pyrrole nitrogens is 1. The van der Waals surface area contributed by atoms with Gasteiger partial charge >= 0.3 is 6.18 Å². The number of aromatic amines is 1. The first kappa shape index (κ1) is 20.3. The molecular weight excluding hydrogens is 391 g/mol. The van der Waals surface area contributed by atoms with Crippen LogP contribution in [0.4, 0.5) is 13.2 Å². The van der Waals surface area contributed by atoms with Gasteiger partial charge in [-0.25, -0.2) is 4.98 Å². The van der Waals surface area contributed by atoms with Gasteiger partial charge in [-0.1, -0.05) is 23.5 Å². The largest absolute Gasteiger partial charge is 0.433 e. The minimum absolute atomic E-state index is 0.0622. The Kier molecular flexibility index (Phi) is 5.71. The van der Waals surface area contributed by atoms with Gasteiger partial charge in [0.05, 0.1) is 15.8 Å². The molecule has 0 radical (unpaired) electrons. The zero-order valence-corrected chi connectivity index (χ0v) is 16.5. The van der Waals surface area contributed by atoms with Crippen LogP contribution in [0.2, 0.25) is 0 Å². The molecule has 0 saturated heterocycles. The van der Waals surface area contributed by atoms with E-state index in [0.29, 0.717) is 18.5 Å². The standard InChI is InChI=1S/C18H20F3N5OS/c1-11(22-9-6-10-25(2)3)14-15(18(19,20)21)24-26(16(14)27)17-23-12-7-4-5-8-13(12)28-17/h4-5,7-8,24H,6,9-10H2,1-3H3. The van der Waals surface area contributed by atoms with Gasteiger partial charge in [-0.05, 0) is 46.1 Å². The molecule has 2 aromatic heterocycles. The summed E-state index contributed by atoms with van der Waals surface area (Å²) in [6.07, 6.45) is -4.03. The van der Waals surface area contributed by atoms with E-state index in [2.05, 4.69) is 15.1 Å². The molecule has 1 aromatic carbocycles. The Morgan fingerprint density at radius 1 is 1.32 bits per heavy atom. The van der Waals surface area contributed by atoms with Crippen molar-refractivity contribution in [3.05, 3.63) is 45.9 Å². The van der Waals surface area contributed by atoms with Crippen LogP contribution in [0.25, 0.3) is 15.3 Å². The summed E-state index contributed by atoms with van der Waals surface area (Å²) in [6, 6.07) is 7.12. The van der Waals surface area contributed by atoms with Crippen LogP contribution in [0.3, 0.4) is 0 Å². The third kappa shape index (κ3) is 4.17. The smallest absolute Gasteiger partial charge is 0.309 e. The maximum absolute atomic E-state index is 13.6. The number of thiazole rings is 1. The lowest BCUT2D eigenvalue weighted by Crippen LogP contribution is -2.21. The van der Waals surface area contributed by atoms with Gasteiger partial charge in [0.1, 0.15) is 0 Å². The second-order valence-electron chi connectivity index (χ2n) is 6.59. The highest BCUT2D eigenvalue weighted by molar-refractivity contribution is 7.20. The fourth-order valence-electron chi connectivity index (χ4n) is 2.78. The number of para-hydroxylation sites is 1. The summed E-state index contributed by atoms with van der Waals surface area (Å²) in [5.74, 6) is 0. The van der Waals surface area contributed by atoms with Crippen LogP contribution in [-0.4, -0.2) is 52.6 Å². The summed E-state index contributed by atoms with van der Waals surface area (Å²) in [5.41, 5.74) is -1.69. The second kappa shape index (κ2) is 7.88. The van der Waals surface area contributed by atoms with E-state index in [1.807, 2.05) is 19.0 Å². The lowest BCUT2D eigenvalue weighted by Gasteiger charge is -2.08. The number of hydrogen-bond acceptors (Lipinski definition) is 5. The monoisotopic (exact) mass is 411 g/mol. The highest BCUT2D eigenvalue weighted by atomic mass is 32.1. The summed E-state index contributed by atoms with van der Waals surface area (Å²) in [4.78, 5) is 23.2. The number of aromatic nitrogens is 3. The number of nitrogens with zero attached hydrogens (tertiary/aromatic N) is 4. The zero-order chi connectivity index (χ0) is 20.5. The summed E-state index contributed by atoms with van der Waals surface area (Å²) in [5, 5.41) is 2.35. The molecule has 0 aliphatic carbocycles. The van der Waals surface area contributed by atoms with Crippen molar-refractivity contribution in [2.45, 2.75) is 19.5 Å². The first-order chi connectivity index (χ1) is 13.2. The first-order valence-electron chi connectivity index (χ1n) is 8.63. The maximum Gasteiger partial charge on any atom is 0.433 e. The number of alkyl halides is 3. The number of benzene rings is 1. The minimum atomic E-state index is -4.71. The van der Waals surface area contributed by atoms with Crippen molar-refractivity contribution >= 4 is 27.3 Å². The molecule has 1 N–H and O–H groups in total. The summed E-state index contributed by atoms with van der Waals surface area (Å²) >= 11 is 1.14. The normalized spacial score (nSPS) is 13.0. The van der Waals surface area contributed by atoms with Crippen molar-refractivity contribution in [1.82, 2.24) is 19.7 Å². The van der Waals surface area contributed by atoms with E-state index in [0.717, 1.165) is 27.3 Å². The van der Waals surface area contributed by atoms with Crippen molar-refractivity contribution in [3.63, 3.8) is 0 Å². The number of rotatable bonds is 6. The molecule has 0 spiro atoms. The number of fused-ring (bicyclic) bond motifs is 1. The molecule has 10 heteroatoms. The predicted octanol–water partition coefficient (Wildman–Crippen LogP) is 3.55. The summed E-state index contributed by atoms with van der Waals surface area (Å²) in [7, 11) is 3.81. The van der Waals surface area contributed by atoms with Gasteiger partial charge in [0, 0.05) is 12.3 Å². The van der Waals surface area contributed by atoms with Crippen molar-refractivity contribution in [2.24, 2.45) is 4.99 Å². The third-order valence-corrected chi connectivity index (χ3v) is 5.14. The van der Waals surface area contributed by atoms with E-state index in [4.69, 9.17) is 0 Å². The van der Waals surface area contributed by atoms with Crippen molar-refractivity contribution in [1.29, 1.82) is 0 Å². The Labute approximate surface area is 163 Å². The molecule has 3 rings (SSSR count). The van der Waals surface area contributed by atoms with Gasteiger partial charge in [-0.3, -0.25) is 14.9 Å². The molecule has 2 heterocycles. The zero-order valence-electron chi connectivity index (χ0n) is 15.7. The SMILES string of the molecule is CC(=NCCCN(C)C)c1c(C(F)(F)F)[nH]n(-c2nc3ccccc3s2)c1=O. The lowest BCUT2D eigenvalue weighted by molar-refractivity contribution is -0.141.